The van der Waals surface area contributed by atoms with E-state index >= 15 is 0 Å². The van der Waals surface area contributed by atoms with E-state index in [0.717, 1.165) is 11.3 Å². The second-order valence-electron chi connectivity index (χ2n) is 5.80. The zero-order chi connectivity index (χ0) is 12.8. The summed E-state index contributed by atoms with van der Waals surface area (Å²) in [6.07, 6.45) is 0. The molecule has 0 aliphatic carbocycles. The standard InChI is InChI=1S/C13H20BNO2/c1-9-7-10(2)15-11(8-9)14-16-12(3,4)13(5,6)17-14/h7-8H,1-6H3. The Hall–Kier alpha value is -0.865. The number of nitrogens with zero attached hydrogens (tertiary/aromatic N) is 1. The van der Waals surface area contributed by atoms with Crippen molar-refractivity contribution in [1.82, 2.24) is 4.98 Å². The molecule has 0 atom stereocenters. The van der Waals surface area contributed by atoms with E-state index in [1.165, 1.54) is 5.56 Å². The summed E-state index contributed by atoms with van der Waals surface area (Å²) < 4.78 is 12.0. The molecule has 1 aliphatic heterocycles. The van der Waals surface area contributed by atoms with Crippen LogP contribution in [0.4, 0.5) is 0 Å². The fraction of sp³-hybridized carbons (Fsp3) is 0.615. The number of aromatic nitrogens is 1. The molecule has 1 saturated heterocycles. The number of hydrogen-bond acceptors (Lipinski definition) is 3. The topological polar surface area (TPSA) is 31.4 Å². The predicted molar refractivity (Wildman–Crippen MR) is 69.4 cm³/mol. The summed E-state index contributed by atoms with van der Waals surface area (Å²) in [7, 11) is -0.362. The van der Waals surface area contributed by atoms with Gasteiger partial charge >= 0.3 is 7.12 Å². The van der Waals surface area contributed by atoms with Gasteiger partial charge in [0, 0.05) is 5.69 Å². The van der Waals surface area contributed by atoms with Crippen LogP contribution in [0.5, 0.6) is 0 Å². The van der Waals surface area contributed by atoms with Gasteiger partial charge < -0.3 is 9.31 Å². The molecule has 1 aromatic rings. The van der Waals surface area contributed by atoms with Crippen LogP contribution in [0.15, 0.2) is 12.1 Å². The number of aryl methyl sites for hydroxylation is 2. The summed E-state index contributed by atoms with van der Waals surface area (Å²) in [4.78, 5) is 4.50. The molecule has 1 aliphatic rings. The fourth-order valence-electron chi connectivity index (χ4n) is 1.96. The molecule has 2 heterocycles. The van der Waals surface area contributed by atoms with Crippen molar-refractivity contribution < 1.29 is 9.31 Å². The first-order valence-corrected chi connectivity index (χ1v) is 6.02. The van der Waals surface area contributed by atoms with Crippen LogP contribution in [-0.4, -0.2) is 23.3 Å². The highest BCUT2D eigenvalue weighted by Crippen LogP contribution is 2.36. The molecule has 0 aromatic carbocycles. The Kier molecular flexibility index (Phi) is 2.83. The van der Waals surface area contributed by atoms with Gasteiger partial charge in [-0.3, -0.25) is 4.98 Å². The number of rotatable bonds is 1. The van der Waals surface area contributed by atoms with Crippen LogP contribution >= 0.6 is 0 Å². The molecule has 1 fully saturated rings. The quantitative estimate of drug-likeness (QED) is 0.695. The van der Waals surface area contributed by atoms with Crippen molar-refractivity contribution in [2.75, 3.05) is 0 Å². The SMILES string of the molecule is Cc1cc(C)nc(B2OC(C)(C)C(C)(C)O2)c1. The molecule has 0 N–H and O–H groups in total. The van der Waals surface area contributed by atoms with E-state index in [9.17, 15) is 0 Å². The molecular weight excluding hydrogens is 213 g/mol. The van der Waals surface area contributed by atoms with Crippen LogP contribution in [0.3, 0.4) is 0 Å². The third-order valence-electron chi connectivity index (χ3n) is 3.61. The summed E-state index contributed by atoms with van der Waals surface area (Å²) in [6.45, 7) is 12.3. The molecular formula is C13H20BNO2. The highest BCUT2D eigenvalue weighted by Gasteiger charge is 2.52. The van der Waals surface area contributed by atoms with Crippen molar-refractivity contribution in [3.8, 4) is 0 Å². The first kappa shape index (κ1) is 12.6. The van der Waals surface area contributed by atoms with Crippen molar-refractivity contribution >= 4 is 12.7 Å². The molecule has 1 aromatic heterocycles. The van der Waals surface area contributed by atoms with E-state index in [2.05, 4.69) is 45.7 Å². The van der Waals surface area contributed by atoms with Gasteiger partial charge in [0.25, 0.3) is 0 Å². The van der Waals surface area contributed by atoms with E-state index in [0.29, 0.717) is 0 Å². The predicted octanol–water partition coefficient (Wildman–Crippen LogP) is 2.00. The van der Waals surface area contributed by atoms with Gasteiger partial charge in [-0.15, -0.1) is 0 Å². The van der Waals surface area contributed by atoms with Gasteiger partial charge in [0.2, 0.25) is 0 Å². The monoisotopic (exact) mass is 233 g/mol. The average molecular weight is 233 g/mol. The molecule has 0 radical (unpaired) electrons. The third-order valence-corrected chi connectivity index (χ3v) is 3.61. The fourth-order valence-corrected chi connectivity index (χ4v) is 1.96. The van der Waals surface area contributed by atoms with Gasteiger partial charge in [-0.25, -0.2) is 0 Å². The van der Waals surface area contributed by atoms with Gasteiger partial charge in [0.05, 0.1) is 16.8 Å². The first-order valence-electron chi connectivity index (χ1n) is 6.02. The molecule has 0 saturated carbocycles. The van der Waals surface area contributed by atoms with E-state index in [1.54, 1.807) is 0 Å². The molecule has 0 amide bonds. The lowest BCUT2D eigenvalue weighted by Gasteiger charge is -2.32. The minimum Gasteiger partial charge on any atom is -0.398 e. The molecule has 0 bridgehead atoms. The summed E-state index contributed by atoms with van der Waals surface area (Å²) in [5.74, 6) is 0. The van der Waals surface area contributed by atoms with Gasteiger partial charge in [0.15, 0.2) is 0 Å². The number of hydrogen-bond donors (Lipinski definition) is 0. The highest BCUT2D eigenvalue weighted by atomic mass is 16.7. The lowest BCUT2D eigenvalue weighted by molar-refractivity contribution is 0.00578. The average Bonchev–Trinajstić information content (AvgIpc) is 2.34. The van der Waals surface area contributed by atoms with Crippen LogP contribution in [-0.2, 0) is 9.31 Å². The summed E-state index contributed by atoms with van der Waals surface area (Å²) in [5, 5.41) is 0. The van der Waals surface area contributed by atoms with Crippen molar-refractivity contribution in [1.29, 1.82) is 0 Å². The Balaban J connectivity index is 2.32. The maximum absolute atomic E-state index is 5.98. The van der Waals surface area contributed by atoms with Crippen LogP contribution in [0, 0.1) is 13.8 Å². The van der Waals surface area contributed by atoms with E-state index in [1.807, 2.05) is 13.0 Å². The van der Waals surface area contributed by atoms with Crippen molar-refractivity contribution in [2.24, 2.45) is 0 Å². The van der Waals surface area contributed by atoms with Crippen LogP contribution in [0.1, 0.15) is 39.0 Å². The zero-order valence-electron chi connectivity index (χ0n) is 11.5. The second kappa shape index (κ2) is 3.82. The largest absolute Gasteiger partial charge is 0.514 e. The van der Waals surface area contributed by atoms with Crippen molar-refractivity contribution in [2.45, 2.75) is 52.7 Å². The van der Waals surface area contributed by atoms with E-state index < -0.39 is 0 Å². The molecule has 2 rings (SSSR count). The summed E-state index contributed by atoms with van der Waals surface area (Å²) in [6, 6.07) is 4.07. The minimum atomic E-state index is -0.362. The first-order chi connectivity index (χ1) is 7.71. The Morgan fingerprint density at radius 1 is 1.00 bits per heavy atom. The molecule has 4 heteroatoms. The maximum Gasteiger partial charge on any atom is 0.514 e. The van der Waals surface area contributed by atoms with Crippen LogP contribution < -0.4 is 5.59 Å². The molecule has 92 valence electrons. The minimum absolute atomic E-state index is 0.309. The van der Waals surface area contributed by atoms with Gasteiger partial charge in [-0.1, -0.05) is 0 Å². The van der Waals surface area contributed by atoms with Gasteiger partial charge in [0.1, 0.15) is 0 Å². The highest BCUT2D eigenvalue weighted by molar-refractivity contribution is 6.61. The van der Waals surface area contributed by atoms with E-state index in [4.69, 9.17) is 9.31 Å². The third kappa shape index (κ3) is 2.24. The molecule has 0 spiro atoms. The summed E-state index contributed by atoms with van der Waals surface area (Å²) in [5.41, 5.74) is 2.42. The van der Waals surface area contributed by atoms with Gasteiger partial charge in [-0.05, 0) is 59.2 Å². The molecule has 3 nitrogen and oxygen atoms in total. The zero-order valence-corrected chi connectivity index (χ0v) is 11.5. The Morgan fingerprint density at radius 3 is 2.00 bits per heavy atom. The lowest BCUT2D eigenvalue weighted by Crippen LogP contribution is -2.41. The van der Waals surface area contributed by atoms with Gasteiger partial charge in [-0.2, -0.15) is 0 Å². The van der Waals surface area contributed by atoms with Crippen molar-refractivity contribution in [3.63, 3.8) is 0 Å². The Morgan fingerprint density at radius 2 is 1.53 bits per heavy atom. The smallest absolute Gasteiger partial charge is 0.398 e. The normalized spacial score (nSPS) is 21.9. The van der Waals surface area contributed by atoms with Crippen LogP contribution in [0.2, 0.25) is 0 Å². The number of pyridine rings is 1. The lowest BCUT2D eigenvalue weighted by atomic mass is 9.83. The van der Waals surface area contributed by atoms with Crippen molar-refractivity contribution in [3.05, 3.63) is 23.4 Å². The van der Waals surface area contributed by atoms with Crippen LogP contribution in [0.25, 0.3) is 0 Å². The second-order valence-corrected chi connectivity index (χ2v) is 5.80. The van der Waals surface area contributed by atoms with E-state index in [-0.39, 0.29) is 18.3 Å². The Labute approximate surface area is 104 Å². The molecule has 0 unspecified atom stereocenters. The maximum atomic E-state index is 5.98. The Bertz CT molecular complexity index is 407. The molecule has 17 heavy (non-hydrogen) atoms. The summed E-state index contributed by atoms with van der Waals surface area (Å²) >= 11 is 0.